The van der Waals surface area contributed by atoms with Gasteiger partial charge in [0, 0.05) is 35.5 Å². The average molecular weight is 198 g/mol. The van der Waals surface area contributed by atoms with Gasteiger partial charge in [-0.15, -0.1) is 0 Å². The quantitative estimate of drug-likeness (QED) is 0.790. The van der Waals surface area contributed by atoms with Crippen molar-refractivity contribution in [1.29, 1.82) is 0 Å². The Morgan fingerprint density at radius 2 is 2.38 bits per heavy atom. The molecule has 0 saturated carbocycles. The standard InChI is InChI=1S/C9H14N2OS/c1-8-3-4-10-9(7-8)11-5-6-13(2)12/h3-4,7H,5-6H2,1-2H3,(H,10,11). The van der Waals surface area contributed by atoms with E-state index in [-0.39, 0.29) is 0 Å². The number of aromatic nitrogens is 1. The minimum Gasteiger partial charge on any atom is -0.369 e. The van der Waals surface area contributed by atoms with Gasteiger partial charge in [-0.2, -0.15) is 0 Å². The summed E-state index contributed by atoms with van der Waals surface area (Å²) in [6.45, 7) is 2.73. The van der Waals surface area contributed by atoms with E-state index < -0.39 is 10.8 Å². The Kier molecular flexibility index (Phi) is 3.89. The van der Waals surface area contributed by atoms with Crippen LogP contribution < -0.4 is 5.32 Å². The van der Waals surface area contributed by atoms with Crippen molar-refractivity contribution >= 4 is 16.6 Å². The Morgan fingerprint density at radius 3 is 3.00 bits per heavy atom. The molecule has 0 aliphatic rings. The SMILES string of the molecule is Cc1ccnc(NCCS(C)=O)c1. The molecule has 0 saturated heterocycles. The summed E-state index contributed by atoms with van der Waals surface area (Å²) in [5, 5.41) is 3.11. The third-order valence-corrected chi connectivity index (χ3v) is 2.39. The van der Waals surface area contributed by atoms with Crippen LogP contribution in [0.15, 0.2) is 18.3 Å². The predicted octanol–water partition coefficient (Wildman–Crippen LogP) is 1.18. The topological polar surface area (TPSA) is 42.0 Å². The molecule has 1 heterocycles. The van der Waals surface area contributed by atoms with E-state index in [1.165, 1.54) is 5.56 Å². The molecule has 13 heavy (non-hydrogen) atoms. The second kappa shape index (κ2) is 4.97. The normalized spacial score (nSPS) is 12.5. The molecule has 3 nitrogen and oxygen atoms in total. The van der Waals surface area contributed by atoms with E-state index in [1.54, 1.807) is 12.5 Å². The summed E-state index contributed by atoms with van der Waals surface area (Å²) in [7, 11) is -0.735. The van der Waals surface area contributed by atoms with Crippen LogP contribution in [0.2, 0.25) is 0 Å². The first-order valence-electron chi connectivity index (χ1n) is 4.15. The molecule has 4 heteroatoms. The van der Waals surface area contributed by atoms with Gasteiger partial charge in [-0.3, -0.25) is 4.21 Å². The maximum atomic E-state index is 10.8. The van der Waals surface area contributed by atoms with Crippen LogP contribution in [0.3, 0.4) is 0 Å². The Labute approximate surface area is 81.0 Å². The highest BCUT2D eigenvalue weighted by Gasteiger charge is 1.94. The lowest BCUT2D eigenvalue weighted by atomic mass is 10.3. The van der Waals surface area contributed by atoms with Crippen molar-refractivity contribution in [2.45, 2.75) is 6.92 Å². The molecule has 72 valence electrons. The molecule has 1 atom stereocenters. The average Bonchev–Trinajstić information content (AvgIpc) is 2.03. The second-order valence-corrected chi connectivity index (χ2v) is 4.48. The predicted molar refractivity (Wildman–Crippen MR) is 56.4 cm³/mol. The van der Waals surface area contributed by atoms with Gasteiger partial charge in [-0.25, -0.2) is 4.98 Å². The van der Waals surface area contributed by atoms with Crippen molar-refractivity contribution in [2.75, 3.05) is 23.9 Å². The zero-order chi connectivity index (χ0) is 9.68. The van der Waals surface area contributed by atoms with Gasteiger partial charge in [0.25, 0.3) is 0 Å². The van der Waals surface area contributed by atoms with Gasteiger partial charge in [0.15, 0.2) is 0 Å². The lowest BCUT2D eigenvalue weighted by Gasteiger charge is -2.03. The highest BCUT2D eigenvalue weighted by Crippen LogP contribution is 2.04. The largest absolute Gasteiger partial charge is 0.369 e. The van der Waals surface area contributed by atoms with Crippen LogP contribution in [0.4, 0.5) is 5.82 Å². The van der Waals surface area contributed by atoms with Gasteiger partial charge in [0.2, 0.25) is 0 Å². The highest BCUT2D eigenvalue weighted by molar-refractivity contribution is 7.84. The summed E-state index contributed by atoms with van der Waals surface area (Å²) in [4.78, 5) is 4.13. The van der Waals surface area contributed by atoms with Crippen molar-refractivity contribution in [3.05, 3.63) is 23.9 Å². The molecule has 0 aliphatic carbocycles. The van der Waals surface area contributed by atoms with Crippen molar-refractivity contribution in [2.24, 2.45) is 0 Å². The first kappa shape index (κ1) is 10.2. The molecule has 0 bridgehead atoms. The monoisotopic (exact) mass is 198 g/mol. The van der Waals surface area contributed by atoms with Crippen LogP contribution in [-0.2, 0) is 10.8 Å². The molecule has 0 spiro atoms. The highest BCUT2D eigenvalue weighted by atomic mass is 32.2. The number of aryl methyl sites for hydroxylation is 1. The van der Waals surface area contributed by atoms with E-state index in [1.807, 2.05) is 19.1 Å². The number of hydrogen-bond donors (Lipinski definition) is 1. The Balaban J connectivity index is 2.41. The number of pyridine rings is 1. The Hall–Kier alpha value is -0.900. The smallest absolute Gasteiger partial charge is 0.126 e. The molecule has 0 fully saturated rings. The van der Waals surface area contributed by atoms with E-state index in [2.05, 4.69) is 10.3 Å². The maximum absolute atomic E-state index is 10.8. The van der Waals surface area contributed by atoms with Crippen molar-refractivity contribution in [3.8, 4) is 0 Å². The fraction of sp³-hybridized carbons (Fsp3) is 0.444. The van der Waals surface area contributed by atoms with Crippen molar-refractivity contribution in [3.63, 3.8) is 0 Å². The minimum atomic E-state index is -0.735. The van der Waals surface area contributed by atoms with Crippen molar-refractivity contribution < 1.29 is 4.21 Å². The summed E-state index contributed by atoms with van der Waals surface area (Å²) < 4.78 is 10.8. The van der Waals surface area contributed by atoms with Gasteiger partial charge < -0.3 is 5.32 Å². The van der Waals surface area contributed by atoms with Crippen LogP contribution >= 0.6 is 0 Å². The first-order chi connectivity index (χ1) is 6.18. The van der Waals surface area contributed by atoms with Gasteiger partial charge in [-0.05, 0) is 24.6 Å². The second-order valence-electron chi connectivity index (χ2n) is 2.92. The lowest BCUT2D eigenvalue weighted by Crippen LogP contribution is -2.10. The number of hydrogen-bond acceptors (Lipinski definition) is 3. The lowest BCUT2D eigenvalue weighted by molar-refractivity contribution is 0.687. The third-order valence-electron chi connectivity index (χ3n) is 1.61. The summed E-state index contributed by atoms with van der Waals surface area (Å²) in [6.07, 6.45) is 3.46. The molecule has 1 aromatic heterocycles. The fourth-order valence-corrected chi connectivity index (χ4v) is 1.35. The summed E-state index contributed by atoms with van der Waals surface area (Å²) in [5.41, 5.74) is 1.18. The minimum absolute atomic E-state index is 0.662. The van der Waals surface area contributed by atoms with E-state index in [9.17, 15) is 4.21 Å². The van der Waals surface area contributed by atoms with Gasteiger partial charge in [0.05, 0.1) is 0 Å². The van der Waals surface area contributed by atoms with Crippen LogP contribution in [-0.4, -0.2) is 27.7 Å². The number of nitrogens with zero attached hydrogens (tertiary/aromatic N) is 1. The van der Waals surface area contributed by atoms with E-state index >= 15 is 0 Å². The van der Waals surface area contributed by atoms with Crippen LogP contribution in [0.5, 0.6) is 0 Å². The number of rotatable bonds is 4. The molecule has 0 radical (unpaired) electrons. The molecule has 1 aromatic rings. The molecule has 0 aromatic carbocycles. The molecular weight excluding hydrogens is 184 g/mol. The zero-order valence-electron chi connectivity index (χ0n) is 7.91. The van der Waals surface area contributed by atoms with E-state index in [0.29, 0.717) is 12.3 Å². The molecule has 1 unspecified atom stereocenters. The van der Waals surface area contributed by atoms with E-state index in [0.717, 1.165) is 5.82 Å². The maximum Gasteiger partial charge on any atom is 0.126 e. The molecule has 1 N–H and O–H groups in total. The first-order valence-corrected chi connectivity index (χ1v) is 5.88. The number of nitrogens with one attached hydrogen (secondary N) is 1. The Morgan fingerprint density at radius 1 is 1.62 bits per heavy atom. The molecular formula is C9H14N2OS. The van der Waals surface area contributed by atoms with Gasteiger partial charge in [0.1, 0.15) is 5.82 Å². The van der Waals surface area contributed by atoms with Crippen LogP contribution in [0.1, 0.15) is 5.56 Å². The van der Waals surface area contributed by atoms with Crippen molar-refractivity contribution in [1.82, 2.24) is 4.98 Å². The van der Waals surface area contributed by atoms with E-state index in [4.69, 9.17) is 0 Å². The molecule has 1 rings (SSSR count). The molecule has 0 aliphatic heterocycles. The summed E-state index contributed by atoms with van der Waals surface area (Å²) in [5.74, 6) is 1.51. The Bertz CT molecular complexity index is 301. The summed E-state index contributed by atoms with van der Waals surface area (Å²) in [6, 6.07) is 3.92. The number of anilines is 1. The van der Waals surface area contributed by atoms with Gasteiger partial charge >= 0.3 is 0 Å². The van der Waals surface area contributed by atoms with Gasteiger partial charge in [-0.1, -0.05) is 0 Å². The summed E-state index contributed by atoms with van der Waals surface area (Å²) >= 11 is 0. The fourth-order valence-electron chi connectivity index (χ4n) is 0.956. The zero-order valence-corrected chi connectivity index (χ0v) is 8.73. The molecule has 0 amide bonds. The van der Waals surface area contributed by atoms with Crippen LogP contribution in [0.25, 0.3) is 0 Å². The third kappa shape index (κ3) is 4.03. The van der Waals surface area contributed by atoms with Crippen LogP contribution in [0, 0.1) is 6.92 Å².